The fraction of sp³-hybridized carbons (Fsp3) is 0.179. The summed E-state index contributed by atoms with van der Waals surface area (Å²) in [5.41, 5.74) is 29.9. The highest BCUT2D eigenvalue weighted by molar-refractivity contribution is 7.24. The quantitative estimate of drug-likeness (QED) is 0.0533. The molecule has 5 N–H and O–H groups in total. The van der Waals surface area contributed by atoms with E-state index in [1.165, 1.54) is 134 Å². The molecule has 3 aliphatic carbocycles. The second-order valence-corrected chi connectivity index (χ2v) is 37.8. The number of aliphatic imine (C=N–C) groups is 2. The molecule has 0 bridgehead atoms. The normalized spacial score (nSPS) is 12.4. The number of pyridine rings is 3. The largest absolute Gasteiger partial charge is 0.494 e. The van der Waals surface area contributed by atoms with E-state index in [0.29, 0.717) is 23.3 Å². The average Bonchev–Trinajstić information content (AvgIpc) is 1.24. The van der Waals surface area contributed by atoms with Gasteiger partial charge in [-0.15, -0.1) is 22.7 Å². The second kappa shape index (κ2) is 45.3. The molecule has 1 aliphatic heterocycles. The van der Waals surface area contributed by atoms with Crippen LogP contribution in [0.25, 0.3) is 102 Å². The molecule has 3 unspecified atom stereocenters. The highest BCUT2D eigenvalue weighted by Crippen LogP contribution is 2.45. The van der Waals surface area contributed by atoms with Crippen LogP contribution in [0.4, 0.5) is 28.4 Å². The van der Waals surface area contributed by atoms with Crippen LogP contribution < -0.4 is 21.2 Å². The molecule has 137 heavy (non-hydrogen) atoms. The van der Waals surface area contributed by atoms with Crippen molar-refractivity contribution in [2.24, 2.45) is 15.0 Å². The number of aromatic hydroxyl groups is 1. The van der Waals surface area contributed by atoms with E-state index in [0.717, 1.165) is 104 Å². The van der Waals surface area contributed by atoms with Gasteiger partial charge in [-0.3, -0.25) is 19.7 Å². The summed E-state index contributed by atoms with van der Waals surface area (Å²) < 4.78 is 0. The Balaban J connectivity index is 0.000000124. The van der Waals surface area contributed by atoms with Crippen molar-refractivity contribution in [3.8, 4) is 37.2 Å². The summed E-state index contributed by atoms with van der Waals surface area (Å²) in [5, 5.41) is 30.6. The van der Waals surface area contributed by atoms with Crippen LogP contribution in [0.1, 0.15) is 150 Å². The molecule has 14 heteroatoms. The molecule has 0 fully saturated rings. The number of nitrogens with one attached hydrogen (secondary N) is 4. The van der Waals surface area contributed by atoms with Gasteiger partial charge in [0, 0.05) is 118 Å². The molecule has 22 rings (SSSR count). The SMILES string of the molecule is CCC(C)c1ccccn1.CCC(C)c1cccnc1.CCC(C)c1ccncc1.CNc1ccc(Nc2ccc(N=C3C=CC(=Nc4ccc(C)cc4)C=C3)cc2)cc1.Cc1cc(C)c2cccccc1-2.Cc1cc2ccc3cc(C)cc4ccc(c1)c2c34.Cc1ccc2[nH]c3ccc(C)cc3c2c1.Cc1ccc2c(c1)=C(c1ccc(-c3ccc(-c4c(O)[nH]c5ccc(C)cc45)s3)s1)C(=O)N=2. The van der Waals surface area contributed by atoms with Crippen molar-refractivity contribution in [2.45, 2.75) is 141 Å². The lowest BCUT2D eigenvalue weighted by Crippen LogP contribution is -2.23. The summed E-state index contributed by atoms with van der Waals surface area (Å²) in [6.45, 7) is 32.3. The minimum Gasteiger partial charge on any atom is -0.494 e. The molecule has 0 saturated heterocycles. The molecule has 18 aromatic rings. The Morgan fingerprint density at radius 1 is 0.387 bits per heavy atom. The number of hydrogen-bond donors (Lipinski definition) is 5. The van der Waals surface area contributed by atoms with E-state index >= 15 is 0 Å². The summed E-state index contributed by atoms with van der Waals surface area (Å²) in [7, 11) is 1.91. The van der Waals surface area contributed by atoms with Gasteiger partial charge in [0.25, 0.3) is 5.91 Å². The van der Waals surface area contributed by atoms with E-state index in [4.69, 9.17) is 4.99 Å². The van der Waals surface area contributed by atoms with Crippen molar-refractivity contribution in [2.75, 3.05) is 17.7 Å². The Hall–Kier alpha value is -15.1. The maximum atomic E-state index is 12.6. The lowest BCUT2D eigenvalue weighted by molar-refractivity contribution is -0.112. The topological polar surface area (TPSA) is 169 Å². The van der Waals surface area contributed by atoms with Crippen LogP contribution in [-0.2, 0) is 4.79 Å². The number of fused-ring (bicyclic) bond motifs is 6. The van der Waals surface area contributed by atoms with E-state index < -0.39 is 0 Å². The van der Waals surface area contributed by atoms with Crippen molar-refractivity contribution in [1.29, 1.82) is 0 Å². The maximum Gasteiger partial charge on any atom is 0.279 e. The molecular weight excluding hydrogens is 1710 g/mol. The molecule has 11 aromatic carbocycles. The monoisotopic (exact) mass is 1830 g/mol. The fourth-order valence-corrected chi connectivity index (χ4v) is 19.2. The third-order valence-corrected chi connectivity index (χ3v) is 27.5. The van der Waals surface area contributed by atoms with Crippen molar-refractivity contribution < 1.29 is 9.90 Å². The van der Waals surface area contributed by atoms with Crippen LogP contribution in [0.2, 0.25) is 0 Å². The number of thiophene rings is 2. The standard InChI is InChI=1S/C26H24N4.C26H18N2O2S2.C18H14.C14H13N.C12H12.3C9H13N/c1-19-3-5-21(6-4-19)28-23-11-13-25(14-12-23)30-26-17-15-24(16-18-26)29-22-9-7-20(27-2)8-10-22;1-13-3-5-17-15(11-13)23(25(29)27-17)21-9-7-19(31-21)20-8-10-22(32-20)24-16-12-14(2)4-6-18(16)28-26(24)30;1-11-7-13-3-5-15-9-12(2)10-16-6-4-14(8-11)17(13)18(15)16;1-9-3-5-13-11(7-9)12-8-10(2)4-6-14(12)15-13;1-9-8-10(2)12-7-5-3-4-6-11(9)12;1-3-8(2)9-4-6-10-7-5-9;1-3-8(2)9-5-4-6-10-7-9;1-3-8(2)9-6-4-5-7-10-9/h3-18,27,29H,1-2H3;3-12,27,29H,1-2H3;3-10H,1-2H3;3-8,15H,1-2H3;3-8H,1-2H3;3*4-8H,3H2,1-2H3. The van der Waals surface area contributed by atoms with Gasteiger partial charge in [-0.1, -0.05) is 203 Å². The van der Waals surface area contributed by atoms with E-state index in [-0.39, 0.29) is 11.8 Å². The molecule has 3 atom stereocenters. The summed E-state index contributed by atoms with van der Waals surface area (Å²) in [4.78, 5) is 49.1. The summed E-state index contributed by atoms with van der Waals surface area (Å²) >= 11 is 3.24. The Kier molecular flexibility index (Phi) is 31.9. The van der Waals surface area contributed by atoms with Gasteiger partial charge in [-0.2, -0.15) is 0 Å². The molecule has 12 nitrogen and oxygen atoms in total. The number of carbonyl (C=O) groups excluding carboxylic acids is 1. The Morgan fingerprint density at radius 3 is 1.36 bits per heavy atom. The lowest BCUT2D eigenvalue weighted by atomic mass is 9.92. The summed E-state index contributed by atoms with van der Waals surface area (Å²) in [6.07, 6.45) is 20.8. The van der Waals surface area contributed by atoms with Crippen LogP contribution in [0.3, 0.4) is 0 Å². The van der Waals surface area contributed by atoms with Crippen LogP contribution >= 0.6 is 22.7 Å². The third-order valence-electron chi connectivity index (χ3n) is 25.1. The number of aromatic nitrogens is 5. The number of amides is 1. The number of H-pyrrole nitrogens is 2. The molecule has 4 aliphatic rings. The first-order valence-corrected chi connectivity index (χ1v) is 48.9. The smallest absolute Gasteiger partial charge is 0.279 e. The van der Waals surface area contributed by atoms with Gasteiger partial charge in [0.2, 0.25) is 0 Å². The molecule has 686 valence electrons. The van der Waals surface area contributed by atoms with Gasteiger partial charge in [-0.25, -0.2) is 15.0 Å². The number of nitrogens with zero attached hydrogens (tertiary/aromatic N) is 6. The van der Waals surface area contributed by atoms with Gasteiger partial charge in [0.05, 0.1) is 39.3 Å². The Labute approximate surface area is 813 Å². The van der Waals surface area contributed by atoms with Crippen LogP contribution in [-0.4, -0.2) is 54.4 Å². The molecular formula is C123H120N10O2S2. The number of carbonyl (C=O) groups is 1. The van der Waals surface area contributed by atoms with Gasteiger partial charge < -0.3 is 25.7 Å². The van der Waals surface area contributed by atoms with Crippen molar-refractivity contribution in [3.63, 3.8) is 0 Å². The van der Waals surface area contributed by atoms with Gasteiger partial charge >= 0.3 is 0 Å². The van der Waals surface area contributed by atoms with E-state index in [1.54, 1.807) is 22.7 Å². The van der Waals surface area contributed by atoms with Gasteiger partial charge in [0.1, 0.15) is 0 Å². The molecule has 0 spiro atoms. The second-order valence-electron chi connectivity index (χ2n) is 35.6. The maximum absolute atomic E-state index is 12.6. The molecule has 1 amide bonds. The first-order chi connectivity index (χ1) is 66.4. The fourth-order valence-electron chi connectivity index (χ4n) is 16.9. The lowest BCUT2D eigenvalue weighted by Gasteiger charge is -2.12. The zero-order valence-corrected chi connectivity index (χ0v) is 82.8. The van der Waals surface area contributed by atoms with Crippen molar-refractivity contribution in [1.82, 2.24) is 24.9 Å². The third kappa shape index (κ3) is 24.4. The number of rotatable bonds is 14. The van der Waals surface area contributed by atoms with Crippen molar-refractivity contribution in [3.05, 3.63) is 435 Å². The Bertz CT molecular complexity index is 7420. The predicted octanol–water partition coefficient (Wildman–Crippen LogP) is 32.4. The Morgan fingerprint density at radius 2 is 0.847 bits per heavy atom. The molecule has 8 heterocycles. The zero-order chi connectivity index (χ0) is 96.2. The molecule has 0 radical (unpaired) electrons. The number of benzene rings is 11. The summed E-state index contributed by atoms with van der Waals surface area (Å²) in [5.74, 6) is 1.93. The molecule has 7 aromatic heterocycles. The van der Waals surface area contributed by atoms with E-state index in [1.807, 2.05) is 198 Å². The van der Waals surface area contributed by atoms with Crippen LogP contribution in [0.15, 0.2) is 368 Å². The average molecular weight is 1830 g/mol. The zero-order valence-electron chi connectivity index (χ0n) is 81.2. The predicted molar refractivity (Wildman–Crippen MR) is 586 cm³/mol. The number of anilines is 3. The number of allylic oxidation sites excluding steroid dienone is 4. The van der Waals surface area contributed by atoms with Gasteiger partial charge in [0.15, 0.2) is 5.88 Å². The first-order valence-electron chi connectivity index (χ1n) is 47.2. The van der Waals surface area contributed by atoms with Crippen LogP contribution in [0.5, 0.6) is 5.88 Å². The number of hydrogen-bond acceptors (Lipinski definition) is 11. The highest BCUT2D eigenvalue weighted by atomic mass is 32.1. The highest BCUT2D eigenvalue weighted by Gasteiger charge is 2.23. The summed E-state index contributed by atoms with van der Waals surface area (Å²) in [6, 6.07) is 103. The minimum atomic E-state index is -0.176. The number of aryl methyl sites for hydroxylation is 9. The van der Waals surface area contributed by atoms with E-state index in [9.17, 15) is 9.90 Å². The van der Waals surface area contributed by atoms with Crippen LogP contribution in [0, 0.1) is 62.3 Å². The molecule has 0 saturated carbocycles. The first kappa shape index (κ1) is 96.5. The van der Waals surface area contributed by atoms with Gasteiger partial charge in [-0.05, 0) is 364 Å². The van der Waals surface area contributed by atoms with Crippen molar-refractivity contribution >= 4 is 139 Å². The minimum absolute atomic E-state index is 0.176. The van der Waals surface area contributed by atoms with E-state index in [2.05, 4.69) is 311 Å². The number of aromatic amines is 2.